The van der Waals surface area contributed by atoms with Gasteiger partial charge in [-0.2, -0.15) is 0 Å². The zero-order chi connectivity index (χ0) is 14.2. The molecule has 106 valence electrons. The predicted octanol–water partition coefficient (Wildman–Crippen LogP) is 1.71. The average molecular weight is 287 g/mol. The molecule has 0 aromatic heterocycles. The first-order valence-corrected chi connectivity index (χ1v) is 8.03. The molecule has 0 spiro atoms. The maximum Gasteiger partial charge on any atom is 0.151 e. The molecule has 6 heteroatoms. The minimum Gasteiger partial charge on any atom is -0.508 e. The van der Waals surface area contributed by atoms with Gasteiger partial charge in [0.05, 0.1) is 11.5 Å². The van der Waals surface area contributed by atoms with E-state index in [4.69, 9.17) is 0 Å². The average Bonchev–Trinajstić information content (AvgIpc) is 2.68. The summed E-state index contributed by atoms with van der Waals surface area (Å²) in [5, 5.41) is 9.77. The highest BCUT2D eigenvalue weighted by Crippen LogP contribution is 2.31. The number of halogens is 1. The van der Waals surface area contributed by atoms with Crippen LogP contribution in [0, 0.1) is 5.82 Å². The molecule has 1 aliphatic heterocycles. The summed E-state index contributed by atoms with van der Waals surface area (Å²) in [6, 6.07) is 3.69. The molecule has 2 atom stereocenters. The summed E-state index contributed by atoms with van der Waals surface area (Å²) < 4.78 is 35.9. The largest absolute Gasteiger partial charge is 0.508 e. The van der Waals surface area contributed by atoms with E-state index in [0.29, 0.717) is 12.0 Å². The molecule has 2 unspecified atom stereocenters. The number of hydrogen-bond donors (Lipinski definition) is 1. The van der Waals surface area contributed by atoms with Crippen molar-refractivity contribution in [2.45, 2.75) is 25.4 Å². The van der Waals surface area contributed by atoms with E-state index in [1.54, 1.807) is 0 Å². The molecular weight excluding hydrogens is 269 g/mol. The Morgan fingerprint density at radius 3 is 2.68 bits per heavy atom. The normalized spacial score (nSPS) is 23.7. The van der Waals surface area contributed by atoms with E-state index in [1.165, 1.54) is 12.1 Å². The maximum atomic E-state index is 13.0. The van der Waals surface area contributed by atoms with Gasteiger partial charge in [0, 0.05) is 23.7 Å². The van der Waals surface area contributed by atoms with E-state index in [1.807, 2.05) is 18.9 Å². The minimum atomic E-state index is -2.94. The van der Waals surface area contributed by atoms with Crippen molar-refractivity contribution in [2.75, 3.05) is 18.6 Å². The number of rotatable bonds is 3. The van der Waals surface area contributed by atoms with Gasteiger partial charge >= 0.3 is 0 Å². The fourth-order valence-corrected chi connectivity index (χ4v) is 4.29. The molecule has 0 aliphatic carbocycles. The van der Waals surface area contributed by atoms with Crippen molar-refractivity contribution < 1.29 is 17.9 Å². The van der Waals surface area contributed by atoms with Crippen molar-refractivity contribution in [3.05, 3.63) is 29.6 Å². The van der Waals surface area contributed by atoms with Crippen molar-refractivity contribution >= 4 is 9.84 Å². The summed E-state index contributed by atoms with van der Waals surface area (Å²) in [7, 11) is -1.10. The van der Waals surface area contributed by atoms with Crippen LogP contribution in [0.4, 0.5) is 4.39 Å². The number of phenols is 1. The topological polar surface area (TPSA) is 57.6 Å². The Morgan fingerprint density at radius 2 is 2.16 bits per heavy atom. The van der Waals surface area contributed by atoms with E-state index < -0.39 is 15.7 Å². The highest BCUT2D eigenvalue weighted by molar-refractivity contribution is 7.91. The van der Waals surface area contributed by atoms with E-state index in [2.05, 4.69) is 0 Å². The number of aromatic hydroxyl groups is 1. The highest BCUT2D eigenvalue weighted by atomic mass is 32.2. The number of hydrogen-bond acceptors (Lipinski definition) is 4. The van der Waals surface area contributed by atoms with Crippen LogP contribution < -0.4 is 0 Å². The van der Waals surface area contributed by atoms with Crippen LogP contribution in [0.1, 0.15) is 24.9 Å². The molecule has 1 saturated heterocycles. The molecule has 0 saturated carbocycles. The first kappa shape index (κ1) is 14.3. The first-order valence-electron chi connectivity index (χ1n) is 6.21. The van der Waals surface area contributed by atoms with Crippen LogP contribution in [0.3, 0.4) is 0 Å². The molecule has 1 aliphatic rings. The second-order valence-electron chi connectivity index (χ2n) is 5.10. The third kappa shape index (κ3) is 3.06. The maximum absolute atomic E-state index is 13.0. The SMILES string of the molecule is CC(c1ccc(F)cc1O)N(C)C1CCS(=O)(=O)C1. The third-order valence-electron chi connectivity index (χ3n) is 3.84. The Bertz CT molecular complexity index is 573. The monoisotopic (exact) mass is 287 g/mol. The molecule has 1 heterocycles. The number of sulfone groups is 1. The van der Waals surface area contributed by atoms with Crippen LogP contribution in [0.15, 0.2) is 18.2 Å². The first-order chi connectivity index (χ1) is 8.80. The summed E-state index contributed by atoms with van der Waals surface area (Å²) >= 11 is 0. The van der Waals surface area contributed by atoms with Crippen LogP contribution in [0.2, 0.25) is 0 Å². The number of nitrogens with zero attached hydrogens (tertiary/aromatic N) is 1. The minimum absolute atomic E-state index is 0.0514. The molecule has 0 bridgehead atoms. The van der Waals surface area contributed by atoms with Crippen LogP contribution in [-0.2, 0) is 9.84 Å². The summed E-state index contributed by atoms with van der Waals surface area (Å²) in [6.45, 7) is 1.87. The van der Waals surface area contributed by atoms with Crippen LogP contribution in [0.25, 0.3) is 0 Å². The van der Waals surface area contributed by atoms with E-state index in [-0.39, 0.29) is 29.3 Å². The Labute approximate surface area is 112 Å². The Morgan fingerprint density at radius 1 is 1.47 bits per heavy atom. The van der Waals surface area contributed by atoms with Gasteiger partial charge in [0.2, 0.25) is 0 Å². The quantitative estimate of drug-likeness (QED) is 0.919. The second kappa shape index (κ2) is 5.09. The molecule has 19 heavy (non-hydrogen) atoms. The smallest absolute Gasteiger partial charge is 0.151 e. The van der Waals surface area contributed by atoms with Gasteiger partial charge in [-0.05, 0) is 26.5 Å². The molecule has 0 radical (unpaired) electrons. The van der Waals surface area contributed by atoms with Crippen LogP contribution in [-0.4, -0.2) is 43.0 Å². The zero-order valence-electron chi connectivity index (χ0n) is 11.0. The summed E-state index contributed by atoms with van der Waals surface area (Å²) in [5.74, 6) is -0.223. The Kier molecular flexibility index (Phi) is 3.82. The van der Waals surface area contributed by atoms with E-state index >= 15 is 0 Å². The summed E-state index contributed by atoms with van der Waals surface area (Å²) in [5.41, 5.74) is 0.605. The predicted molar refractivity (Wildman–Crippen MR) is 71.3 cm³/mol. The van der Waals surface area contributed by atoms with Gasteiger partial charge in [-0.15, -0.1) is 0 Å². The molecular formula is C13H18FNO3S. The molecule has 1 N–H and O–H groups in total. The standard InChI is InChI=1S/C13H18FNO3S/c1-9(12-4-3-10(14)7-13(12)16)15(2)11-5-6-19(17,18)8-11/h3-4,7,9,11,16H,5-6,8H2,1-2H3. The van der Waals surface area contributed by atoms with Crippen molar-refractivity contribution in [3.8, 4) is 5.75 Å². The van der Waals surface area contributed by atoms with Gasteiger partial charge in [-0.1, -0.05) is 6.07 Å². The molecule has 1 fully saturated rings. The van der Waals surface area contributed by atoms with Crippen molar-refractivity contribution in [3.63, 3.8) is 0 Å². The zero-order valence-corrected chi connectivity index (χ0v) is 11.8. The van der Waals surface area contributed by atoms with Crippen LogP contribution >= 0.6 is 0 Å². The second-order valence-corrected chi connectivity index (χ2v) is 7.33. The van der Waals surface area contributed by atoms with E-state index in [0.717, 1.165) is 6.07 Å². The van der Waals surface area contributed by atoms with Crippen LogP contribution in [0.5, 0.6) is 5.75 Å². The molecule has 0 amide bonds. The molecule has 1 aromatic rings. The Hall–Kier alpha value is -1.14. The fraction of sp³-hybridized carbons (Fsp3) is 0.538. The van der Waals surface area contributed by atoms with E-state index in [9.17, 15) is 17.9 Å². The van der Waals surface area contributed by atoms with Gasteiger partial charge in [-0.25, -0.2) is 12.8 Å². The van der Waals surface area contributed by atoms with Crippen molar-refractivity contribution in [2.24, 2.45) is 0 Å². The van der Waals surface area contributed by atoms with Gasteiger partial charge < -0.3 is 5.11 Å². The lowest BCUT2D eigenvalue weighted by Crippen LogP contribution is -2.34. The highest BCUT2D eigenvalue weighted by Gasteiger charge is 2.33. The van der Waals surface area contributed by atoms with Gasteiger partial charge in [0.15, 0.2) is 9.84 Å². The van der Waals surface area contributed by atoms with Gasteiger partial charge in [0.1, 0.15) is 11.6 Å². The molecule has 1 aromatic carbocycles. The number of phenolic OH excluding ortho intramolecular Hbond substituents is 1. The van der Waals surface area contributed by atoms with Gasteiger partial charge in [0.25, 0.3) is 0 Å². The van der Waals surface area contributed by atoms with Crippen molar-refractivity contribution in [1.82, 2.24) is 4.90 Å². The Balaban J connectivity index is 2.17. The fourth-order valence-electron chi connectivity index (χ4n) is 2.50. The summed E-state index contributed by atoms with van der Waals surface area (Å²) in [4.78, 5) is 1.93. The lowest BCUT2D eigenvalue weighted by atomic mass is 10.0. The van der Waals surface area contributed by atoms with Crippen molar-refractivity contribution in [1.29, 1.82) is 0 Å². The lowest BCUT2D eigenvalue weighted by molar-refractivity contribution is 0.198. The number of benzene rings is 1. The molecule has 4 nitrogen and oxygen atoms in total. The molecule has 2 rings (SSSR count). The third-order valence-corrected chi connectivity index (χ3v) is 5.59. The lowest BCUT2D eigenvalue weighted by Gasteiger charge is -2.30. The van der Waals surface area contributed by atoms with Gasteiger partial charge in [-0.3, -0.25) is 4.90 Å². The summed E-state index contributed by atoms with van der Waals surface area (Å²) in [6.07, 6.45) is 0.602.